The highest BCUT2D eigenvalue weighted by Gasteiger charge is 2.21. The van der Waals surface area contributed by atoms with Crippen molar-refractivity contribution in [1.29, 1.82) is 0 Å². The number of nitrogens with zero attached hydrogens (tertiary/aromatic N) is 2. The third-order valence-electron chi connectivity index (χ3n) is 3.75. The summed E-state index contributed by atoms with van der Waals surface area (Å²) in [4.78, 5) is 0. The molecule has 0 unspecified atom stereocenters. The molecule has 1 heterocycles. The normalized spacial score (nSPS) is 14.7. The SMILES string of the molecule is CCc1c(CNC2CC2)cnn1Cc1cccc(F)c1. The van der Waals surface area contributed by atoms with Crippen molar-refractivity contribution >= 4 is 0 Å². The first-order valence-electron chi connectivity index (χ1n) is 7.27. The van der Waals surface area contributed by atoms with Crippen LogP contribution in [0.15, 0.2) is 30.5 Å². The first kappa shape index (κ1) is 13.3. The molecule has 20 heavy (non-hydrogen) atoms. The van der Waals surface area contributed by atoms with Gasteiger partial charge in [-0.3, -0.25) is 4.68 Å². The lowest BCUT2D eigenvalue weighted by atomic mass is 10.2. The molecule has 4 heteroatoms. The molecular weight excluding hydrogens is 253 g/mol. The van der Waals surface area contributed by atoms with Crippen molar-refractivity contribution in [1.82, 2.24) is 15.1 Å². The fraction of sp³-hybridized carbons (Fsp3) is 0.438. The van der Waals surface area contributed by atoms with Gasteiger partial charge in [0.15, 0.2) is 0 Å². The standard InChI is InChI=1S/C16H20FN3/c1-2-16-13(9-18-15-6-7-15)10-19-20(16)11-12-4-3-5-14(17)8-12/h3-5,8,10,15,18H,2,6-7,9,11H2,1H3. The predicted molar refractivity (Wildman–Crippen MR) is 77.0 cm³/mol. The minimum Gasteiger partial charge on any atom is -0.310 e. The maximum atomic E-state index is 13.2. The molecule has 1 aliphatic carbocycles. The Hall–Kier alpha value is -1.68. The summed E-state index contributed by atoms with van der Waals surface area (Å²) in [6.07, 6.45) is 5.46. The number of hydrogen-bond acceptors (Lipinski definition) is 2. The monoisotopic (exact) mass is 273 g/mol. The van der Waals surface area contributed by atoms with Crippen LogP contribution in [0.2, 0.25) is 0 Å². The second kappa shape index (κ2) is 5.75. The molecule has 0 bridgehead atoms. The van der Waals surface area contributed by atoms with E-state index in [0.717, 1.165) is 18.5 Å². The topological polar surface area (TPSA) is 29.9 Å². The maximum absolute atomic E-state index is 13.2. The van der Waals surface area contributed by atoms with E-state index in [0.29, 0.717) is 12.6 Å². The number of benzene rings is 1. The molecule has 0 aliphatic heterocycles. The summed E-state index contributed by atoms with van der Waals surface area (Å²) < 4.78 is 15.2. The van der Waals surface area contributed by atoms with E-state index in [1.807, 2.05) is 16.9 Å². The molecule has 1 fully saturated rings. The molecule has 0 saturated heterocycles. The molecule has 0 atom stereocenters. The molecule has 2 aromatic rings. The van der Waals surface area contributed by atoms with Gasteiger partial charge < -0.3 is 5.32 Å². The van der Waals surface area contributed by atoms with Crippen LogP contribution >= 0.6 is 0 Å². The quantitative estimate of drug-likeness (QED) is 0.877. The molecular formula is C16H20FN3. The van der Waals surface area contributed by atoms with Crippen molar-refractivity contribution < 1.29 is 4.39 Å². The van der Waals surface area contributed by atoms with E-state index in [2.05, 4.69) is 17.3 Å². The van der Waals surface area contributed by atoms with Crippen molar-refractivity contribution in [2.24, 2.45) is 0 Å². The van der Waals surface area contributed by atoms with Gasteiger partial charge in [-0.05, 0) is 37.0 Å². The van der Waals surface area contributed by atoms with Crippen LogP contribution in [-0.2, 0) is 19.5 Å². The zero-order valence-corrected chi connectivity index (χ0v) is 11.8. The molecule has 1 N–H and O–H groups in total. The van der Waals surface area contributed by atoms with Crippen molar-refractivity contribution in [3.8, 4) is 0 Å². The van der Waals surface area contributed by atoms with Gasteiger partial charge in [0.05, 0.1) is 12.7 Å². The van der Waals surface area contributed by atoms with Crippen LogP contribution in [0.5, 0.6) is 0 Å². The van der Waals surface area contributed by atoms with E-state index in [1.54, 1.807) is 12.1 Å². The summed E-state index contributed by atoms with van der Waals surface area (Å²) in [6.45, 7) is 3.65. The van der Waals surface area contributed by atoms with Gasteiger partial charge in [0, 0.05) is 23.8 Å². The number of halogens is 1. The minimum atomic E-state index is -0.191. The van der Waals surface area contributed by atoms with Crippen LogP contribution in [0.1, 0.15) is 36.6 Å². The Morgan fingerprint density at radius 1 is 1.40 bits per heavy atom. The van der Waals surface area contributed by atoms with E-state index in [4.69, 9.17) is 0 Å². The van der Waals surface area contributed by atoms with E-state index in [1.165, 1.54) is 30.2 Å². The molecule has 1 aliphatic rings. The van der Waals surface area contributed by atoms with E-state index in [9.17, 15) is 4.39 Å². The Morgan fingerprint density at radius 3 is 2.95 bits per heavy atom. The largest absolute Gasteiger partial charge is 0.310 e. The van der Waals surface area contributed by atoms with Gasteiger partial charge in [0.1, 0.15) is 5.82 Å². The summed E-state index contributed by atoms with van der Waals surface area (Å²) in [6, 6.07) is 7.43. The van der Waals surface area contributed by atoms with Gasteiger partial charge in [-0.1, -0.05) is 19.1 Å². The van der Waals surface area contributed by atoms with Crippen LogP contribution in [0, 0.1) is 5.82 Å². The van der Waals surface area contributed by atoms with Crippen molar-refractivity contribution in [2.75, 3.05) is 0 Å². The van der Waals surface area contributed by atoms with Gasteiger partial charge >= 0.3 is 0 Å². The Bertz CT molecular complexity index is 587. The van der Waals surface area contributed by atoms with Crippen molar-refractivity contribution in [2.45, 2.75) is 45.3 Å². The Kier molecular flexibility index (Phi) is 3.83. The minimum absolute atomic E-state index is 0.191. The van der Waals surface area contributed by atoms with Gasteiger partial charge in [-0.15, -0.1) is 0 Å². The fourth-order valence-corrected chi connectivity index (χ4v) is 2.49. The first-order valence-corrected chi connectivity index (χ1v) is 7.27. The molecule has 3 nitrogen and oxygen atoms in total. The smallest absolute Gasteiger partial charge is 0.123 e. The van der Waals surface area contributed by atoms with Crippen molar-refractivity contribution in [3.63, 3.8) is 0 Å². The van der Waals surface area contributed by atoms with Crippen LogP contribution in [0.3, 0.4) is 0 Å². The van der Waals surface area contributed by atoms with Gasteiger partial charge in [-0.25, -0.2) is 4.39 Å². The highest BCUT2D eigenvalue weighted by Crippen LogP contribution is 2.20. The summed E-state index contributed by atoms with van der Waals surface area (Å²) in [5.74, 6) is -0.191. The lowest BCUT2D eigenvalue weighted by molar-refractivity contribution is 0.612. The number of aromatic nitrogens is 2. The van der Waals surface area contributed by atoms with E-state index in [-0.39, 0.29) is 5.82 Å². The highest BCUT2D eigenvalue weighted by atomic mass is 19.1. The van der Waals surface area contributed by atoms with E-state index >= 15 is 0 Å². The summed E-state index contributed by atoms with van der Waals surface area (Å²) in [5, 5.41) is 7.99. The Balaban J connectivity index is 1.74. The molecule has 1 aromatic carbocycles. The van der Waals surface area contributed by atoms with Gasteiger partial charge in [-0.2, -0.15) is 5.10 Å². The second-order valence-corrected chi connectivity index (χ2v) is 5.41. The average Bonchev–Trinajstić information content (AvgIpc) is 3.18. The van der Waals surface area contributed by atoms with Crippen LogP contribution in [0.25, 0.3) is 0 Å². The zero-order valence-electron chi connectivity index (χ0n) is 11.8. The zero-order chi connectivity index (χ0) is 13.9. The third-order valence-corrected chi connectivity index (χ3v) is 3.75. The summed E-state index contributed by atoms with van der Waals surface area (Å²) in [5.41, 5.74) is 3.45. The number of rotatable bonds is 6. The van der Waals surface area contributed by atoms with Crippen molar-refractivity contribution in [3.05, 3.63) is 53.1 Å². The maximum Gasteiger partial charge on any atom is 0.123 e. The predicted octanol–water partition coefficient (Wildman–Crippen LogP) is 2.88. The molecule has 106 valence electrons. The average molecular weight is 273 g/mol. The number of nitrogens with one attached hydrogen (secondary N) is 1. The second-order valence-electron chi connectivity index (χ2n) is 5.41. The van der Waals surface area contributed by atoms with Gasteiger partial charge in [0.25, 0.3) is 0 Å². The molecule has 0 amide bonds. The summed E-state index contributed by atoms with van der Waals surface area (Å²) in [7, 11) is 0. The first-order chi connectivity index (χ1) is 9.76. The molecule has 1 aromatic heterocycles. The fourth-order valence-electron chi connectivity index (χ4n) is 2.49. The Labute approximate surface area is 118 Å². The van der Waals surface area contributed by atoms with Gasteiger partial charge in [0.2, 0.25) is 0 Å². The lowest BCUT2D eigenvalue weighted by Crippen LogP contribution is -2.16. The number of hydrogen-bond donors (Lipinski definition) is 1. The lowest BCUT2D eigenvalue weighted by Gasteiger charge is -2.09. The molecule has 3 rings (SSSR count). The van der Waals surface area contributed by atoms with Crippen LogP contribution < -0.4 is 5.32 Å². The summed E-state index contributed by atoms with van der Waals surface area (Å²) >= 11 is 0. The van der Waals surface area contributed by atoms with Crippen LogP contribution in [-0.4, -0.2) is 15.8 Å². The molecule has 1 saturated carbocycles. The molecule has 0 spiro atoms. The van der Waals surface area contributed by atoms with Crippen LogP contribution in [0.4, 0.5) is 4.39 Å². The van der Waals surface area contributed by atoms with E-state index < -0.39 is 0 Å². The molecule has 0 radical (unpaired) electrons. The highest BCUT2D eigenvalue weighted by molar-refractivity contribution is 5.21. The third kappa shape index (κ3) is 3.07. The Morgan fingerprint density at radius 2 is 2.25 bits per heavy atom.